The van der Waals surface area contributed by atoms with Crippen LogP contribution in [0.1, 0.15) is 23.4 Å². The van der Waals surface area contributed by atoms with Crippen LogP contribution >= 0.6 is 11.3 Å². The minimum Gasteiger partial charge on any atom is -0.495 e. The molecule has 0 saturated carbocycles. The predicted molar refractivity (Wildman–Crippen MR) is 74.1 cm³/mol. The van der Waals surface area contributed by atoms with E-state index < -0.39 is 0 Å². The van der Waals surface area contributed by atoms with Gasteiger partial charge in [0.1, 0.15) is 5.75 Å². The van der Waals surface area contributed by atoms with Gasteiger partial charge in [-0.1, -0.05) is 12.1 Å². The number of para-hydroxylation sites is 2. The number of hydrogen-bond acceptors (Lipinski definition) is 3. The van der Waals surface area contributed by atoms with E-state index in [0.717, 1.165) is 11.4 Å². The third-order valence-electron chi connectivity index (χ3n) is 2.77. The molecule has 1 unspecified atom stereocenters. The molecule has 0 aliphatic heterocycles. The standard InChI is InChI=1S/C14H17NOS/c1-10-8-9-17-14(10)11(2)15-12-6-4-5-7-13(12)16-3/h4-9,11,15H,1-3H3. The average Bonchev–Trinajstić information content (AvgIpc) is 2.76. The Labute approximate surface area is 106 Å². The zero-order valence-electron chi connectivity index (χ0n) is 10.4. The number of thiophene rings is 1. The van der Waals surface area contributed by atoms with Crippen LogP contribution in [0.4, 0.5) is 5.69 Å². The minimum atomic E-state index is 0.297. The van der Waals surface area contributed by atoms with Crippen molar-refractivity contribution >= 4 is 17.0 Å². The molecule has 0 aliphatic carbocycles. The van der Waals surface area contributed by atoms with Crippen molar-refractivity contribution in [1.82, 2.24) is 0 Å². The van der Waals surface area contributed by atoms with E-state index in [1.807, 2.05) is 24.3 Å². The zero-order valence-corrected chi connectivity index (χ0v) is 11.2. The summed E-state index contributed by atoms with van der Waals surface area (Å²) in [5, 5.41) is 5.62. The van der Waals surface area contributed by atoms with Gasteiger partial charge in [0.25, 0.3) is 0 Å². The molecule has 90 valence electrons. The van der Waals surface area contributed by atoms with Crippen LogP contribution in [0.2, 0.25) is 0 Å². The lowest BCUT2D eigenvalue weighted by Gasteiger charge is -2.17. The second-order valence-electron chi connectivity index (χ2n) is 4.03. The molecule has 0 spiro atoms. The normalized spacial score (nSPS) is 12.2. The largest absolute Gasteiger partial charge is 0.495 e. The van der Waals surface area contributed by atoms with Crippen molar-refractivity contribution in [2.45, 2.75) is 19.9 Å². The number of anilines is 1. The Morgan fingerprint density at radius 2 is 2.00 bits per heavy atom. The quantitative estimate of drug-likeness (QED) is 0.872. The van der Waals surface area contributed by atoms with E-state index in [9.17, 15) is 0 Å². The summed E-state index contributed by atoms with van der Waals surface area (Å²) in [7, 11) is 1.70. The first-order valence-corrected chi connectivity index (χ1v) is 6.54. The summed E-state index contributed by atoms with van der Waals surface area (Å²) in [5.41, 5.74) is 2.38. The van der Waals surface area contributed by atoms with Crippen molar-refractivity contribution in [1.29, 1.82) is 0 Å². The van der Waals surface area contributed by atoms with Crippen LogP contribution in [-0.2, 0) is 0 Å². The molecule has 0 amide bonds. The number of benzene rings is 1. The lowest BCUT2D eigenvalue weighted by molar-refractivity contribution is 0.416. The van der Waals surface area contributed by atoms with Crippen molar-refractivity contribution < 1.29 is 4.74 Å². The summed E-state index contributed by atoms with van der Waals surface area (Å²) in [5.74, 6) is 0.883. The lowest BCUT2D eigenvalue weighted by atomic mass is 10.2. The number of hydrogen-bond donors (Lipinski definition) is 1. The van der Waals surface area contributed by atoms with Gasteiger partial charge in [0.2, 0.25) is 0 Å². The minimum absolute atomic E-state index is 0.297. The van der Waals surface area contributed by atoms with Crippen LogP contribution in [0, 0.1) is 6.92 Å². The van der Waals surface area contributed by atoms with Gasteiger partial charge in [0.15, 0.2) is 0 Å². The third kappa shape index (κ3) is 2.61. The summed E-state index contributed by atoms with van der Waals surface area (Å²) >= 11 is 1.79. The van der Waals surface area contributed by atoms with E-state index in [-0.39, 0.29) is 0 Å². The van der Waals surface area contributed by atoms with E-state index in [2.05, 4.69) is 30.6 Å². The monoisotopic (exact) mass is 247 g/mol. The van der Waals surface area contributed by atoms with Gasteiger partial charge in [-0.3, -0.25) is 0 Å². The molecule has 2 aromatic rings. The summed E-state index contributed by atoms with van der Waals surface area (Å²) < 4.78 is 5.33. The lowest BCUT2D eigenvalue weighted by Crippen LogP contribution is -2.07. The van der Waals surface area contributed by atoms with Crippen molar-refractivity contribution in [3.63, 3.8) is 0 Å². The Morgan fingerprint density at radius 1 is 1.24 bits per heavy atom. The second kappa shape index (κ2) is 5.23. The van der Waals surface area contributed by atoms with Crippen molar-refractivity contribution in [3.05, 3.63) is 46.2 Å². The van der Waals surface area contributed by atoms with Gasteiger partial charge in [-0.25, -0.2) is 0 Å². The molecule has 1 atom stereocenters. The van der Waals surface area contributed by atoms with Gasteiger partial charge < -0.3 is 10.1 Å². The molecule has 1 aromatic heterocycles. The molecule has 2 nitrogen and oxygen atoms in total. The number of rotatable bonds is 4. The van der Waals surface area contributed by atoms with Crippen LogP contribution in [0.25, 0.3) is 0 Å². The number of ether oxygens (including phenoxy) is 1. The van der Waals surface area contributed by atoms with Crippen LogP contribution in [0.3, 0.4) is 0 Å². The highest BCUT2D eigenvalue weighted by molar-refractivity contribution is 7.10. The van der Waals surface area contributed by atoms with Crippen LogP contribution in [-0.4, -0.2) is 7.11 Å². The highest BCUT2D eigenvalue weighted by Crippen LogP contribution is 2.30. The van der Waals surface area contributed by atoms with E-state index in [1.54, 1.807) is 18.4 Å². The highest BCUT2D eigenvalue weighted by Gasteiger charge is 2.11. The van der Waals surface area contributed by atoms with Crippen LogP contribution in [0.5, 0.6) is 5.75 Å². The number of aryl methyl sites for hydroxylation is 1. The molecule has 0 radical (unpaired) electrons. The molecule has 2 rings (SSSR count). The molecule has 1 aromatic carbocycles. The van der Waals surface area contributed by atoms with Gasteiger partial charge in [0.05, 0.1) is 18.8 Å². The fraction of sp³-hybridized carbons (Fsp3) is 0.286. The zero-order chi connectivity index (χ0) is 12.3. The SMILES string of the molecule is COc1ccccc1NC(C)c1sccc1C. The molecule has 0 saturated heterocycles. The Kier molecular flexibility index (Phi) is 3.69. The Hall–Kier alpha value is -1.48. The average molecular weight is 247 g/mol. The van der Waals surface area contributed by atoms with E-state index >= 15 is 0 Å². The fourth-order valence-corrected chi connectivity index (χ4v) is 2.83. The first-order chi connectivity index (χ1) is 8.22. The van der Waals surface area contributed by atoms with Crippen LogP contribution in [0.15, 0.2) is 35.7 Å². The molecule has 0 aliphatic rings. The Morgan fingerprint density at radius 3 is 2.65 bits per heavy atom. The van der Waals surface area contributed by atoms with Gasteiger partial charge in [0, 0.05) is 4.88 Å². The van der Waals surface area contributed by atoms with Gasteiger partial charge in [-0.05, 0) is 43.0 Å². The van der Waals surface area contributed by atoms with Gasteiger partial charge >= 0.3 is 0 Å². The second-order valence-corrected chi connectivity index (χ2v) is 4.98. The Balaban J connectivity index is 2.18. The molecule has 0 fully saturated rings. The summed E-state index contributed by atoms with van der Waals surface area (Å²) in [6.45, 7) is 4.32. The highest BCUT2D eigenvalue weighted by atomic mass is 32.1. The molecule has 1 N–H and O–H groups in total. The van der Waals surface area contributed by atoms with Gasteiger partial charge in [-0.15, -0.1) is 11.3 Å². The molecule has 3 heteroatoms. The van der Waals surface area contributed by atoms with E-state index in [0.29, 0.717) is 6.04 Å². The first kappa shape index (κ1) is 12.0. The third-order valence-corrected chi connectivity index (χ3v) is 3.98. The van der Waals surface area contributed by atoms with Crippen molar-refractivity contribution in [3.8, 4) is 5.75 Å². The first-order valence-electron chi connectivity index (χ1n) is 5.66. The maximum absolute atomic E-state index is 5.33. The molecule has 1 heterocycles. The summed E-state index contributed by atoms with van der Waals surface area (Å²) in [6, 6.07) is 10.4. The Bertz CT molecular complexity index is 492. The number of nitrogens with one attached hydrogen (secondary N) is 1. The van der Waals surface area contributed by atoms with Crippen LogP contribution < -0.4 is 10.1 Å². The van der Waals surface area contributed by atoms with Crippen molar-refractivity contribution in [2.24, 2.45) is 0 Å². The maximum Gasteiger partial charge on any atom is 0.141 e. The smallest absolute Gasteiger partial charge is 0.141 e. The van der Waals surface area contributed by atoms with Gasteiger partial charge in [-0.2, -0.15) is 0 Å². The summed E-state index contributed by atoms with van der Waals surface area (Å²) in [4.78, 5) is 1.37. The molecular formula is C14H17NOS. The van der Waals surface area contributed by atoms with E-state index in [4.69, 9.17) is 4.74 Å². The predicted octanol–water partition coefficient (Wildman–Crippen LogP) is 4.24. The number of methoxy groups -OCH3 is 1. The molecule has 0 bridgehead atoms. The topological polar surface area (TPSA) is 21.3 Å². The molecule has 17 heavy (non-hydrogen) atoms. The maximum atomic E-state index is 5.33. The van der Waals surface area contributed by atoms with Crippen molar-refractivity contribution in [2.75, 3.05) is 12.4 Å². The summed E-state index contributed by atoms with van der Waals surface area (Å²) in [6.07, 6.45) is 0. The fourth-order valence-electron chi connectivity index (χ4n) is 1.89. The molecular weight excluding hydrogens is 230 g/mol. The van der Waals surface area contributed by atoms with E-state index in [1.165, 1.54) is 10.4 Å².